The first-order valence-corrected chi connectivity index (χ1v) is 10.6. The lowest BCUT2D eigenvalue weighted by Gasteiger charge is -2.30. The van der Waals surface area contributed by atoms with E-state index in [1.165, 1.54) is 0 Å². The first kappa shape index (κ1) is 20.3. The van der Waals surface area contributed by atoms with Crippen LogP contribution in [0.1, 0.15) is 25.3 Å². The van der Waals surface area contributed by atoms with Crippen LogP contribution in [0.3, 0.4) is 0 Å². The van der Waals surface area contributed by atoms with Gasteiger partial charge >= 0.3 is 6.03 Å². The predicted octanol–water partition coefficient (Wildman–Crippen LogP) is 5.10. The van der Waals surface area contributed by atoms with E-state index in [0.29, 0.717) is 34.7 Å². The number of carbonyl (C=O) groups is 1. The molecule has 30 heavy (non-hydrogen) atoms. The van der Waals surface area contributed by atoms with Crippen LogP contribution in [0.4, 0.5) is 16.3 Å². The summed E-state index contributed by atoms with van der Waals surface area (Å²) in [5.41, 5.74) is 9.57. The number of nitrogens with one attached hydrogen (secondary N) is 1. The standard InChI is InChI=1S/C23H26ClN5O/c1-16-11-13-28(14-12-16)23(30)26-21-20(18-7-9-19(24)10-8-18)27-29(22(21)25)15-17-5-3-2-4-6-17/h2-10,16H,11-15,25H2,1H3,(H,26,30). The zero-order valence-corrected chi connectivity index (χ0v) is 17.8. The molecule has 0 atom stereocenters. The smallest absolute Gasteiger partial charge is 0.322 e. The van der Waals surface area contributed by atoms with Gasteiger partial charge in [0.15, 0.2) is 0 Å². The number of urea groups is 1. The molecule has 4 rings (SSSR count). The molecular weight excluding hydrogens is 398 g/mol. The van der Waals surface area contributed by atoms with Crippen molar-refractivity contribution in [1.29, 1.82) is 0 Å². The van der Waals surface area contributed by atoms with Crippen molar-refractivity contribution in [2.45, 2.75) is 26.3 Å². The second kappa shape index (κ2) is 8.79. The molecule has 1 aliphatic rings. The van der Waals surface area contributed by atoms with E-state index >= 15 is 0 Å². The Balaban J connectivity index is 1.66. The van der Waals surface area contributed by atoms with E-state index in [1.54, 1.807) is 16.8 Å². The molecule has 156 valence electrons. The predicted molar refractivity (Wildman–Crippen MR) is 122 cm³/mol. The summed E-state index contributed by atoms with van der Waals surface area (Å²) >= 11 is 6.05. The third-order valence-corrected chi connectivity index (χ3v) is 5.84. The monoisotopic (exact) mass is 423 g/mol. The van der Waals surface area contributed by atoms with E-state index in [0.717, 1.165) is 37.1 Å². The number of benzene rings is 2. The highest BCUT2D eigenvalue weighted by atomic mass is 35.5. The molecule has 1 saturated heterocycles. The van der Waals surface area contributed by atoms with Crippen LogP contribution in [0.15, 0.2) is 54.6 Å². The number of hydrogen-bond donors (Lipinski definition) is 2. The van der Waals surface area contributed by atoms with Gasteiger partial charge in [-0.2, -0.15) is 5.10 Å². The number of nitrogens with zero attached hydrogens (tertiary/aromatic N) is 3. The molecular formula is C23H26ClN5O. The number of nitrogens with two attached hydrogens (primary N) is 1. The molecule has 6 nitrogen and oxygen atoms in total. The van der Waals surface area contributed by atoms with Crippen LogP contribution < -0.4 is 11.1 Å². The number of hydrogen-bond acceptors (Lipinski definition) is 3. The van der Waals surface area contributed by atoms with Crippen molar-refractivity contribution in [2.75, 3.05) is 24.1 Å². The summed E-state index contributed by atoms with van der Waals surface area (Å²) < 4.78 is 1.73. The van der Waals surface area contributed by atoms with Gasteiger partial charge in [-0.25, -0.2) is 9.48 Å². The first-order valence-electron chi connectivity index (χ1n) is 10.2. The molecule has 0 unspecified atom stereocenters. The fourth-order valence-corrected chi connectivity index (χ4v) is 3.81. The summed E-state index contributed by atoms with van der Waals surface area (Å²) in [4.78, 5) is 14.8. The summed E-state index contributed by atoms with van der Waals surface area (Å²) in [5.74, 6) is 1.08. The van der Waals surface area contributed by atoms with Crippen molar-refractivity contribution in [2.24, 2.45) is 5.92 Å². The number of piperidine rings is 1. The van der Waals surface area contributed by atoms with Crippen LogP contribution >= 0.6 is 11.6 Å². The molecule has 7 heteroatoms. The van der Waals surface area contributed by atoms with Crippen molar-refractivity contribution < 1.29 is 4.79 Å². The van der Waals surface area contributed by atoms with E-state index < -0.39 is 0 Å². The molecule has 2 amide bonds. The number of rotatable bonds is 4. The quantitative estimate of drug-likeness (QED) is 0.613. The minimum Gasteiger partial charge on any atom is -0.382 e. The number of nitrogen functional groups attached to an aromatic ring is 1. The van der Waals surface area contributed by atoms with Gasteiger partial charge in [-0.1, -0.05) is 61.0 Å². The van der Waals surface area contributed by atoms with Gasteiger partial charge in [0.1, 0.15) is 17.2 Å². The summed E-state index contributed by atoms with van der Waals surface area (Å²) in [6.45, 7) is 4.24. The Bertz CT molecular complexity index is 1010. The lowest BCUT2D eigenvalue weighted by atomic mass is 10.00. The minimum absolute atomic E-state index is 0.136. The number of halogens is 1. The van der Waals surface area contributed by atoms with Crippen LogP contribution in [-0.2, 0) is 6.54 Å². The van der Waals surface area contributed by atoms with E-state index in [9.17, 15) is 4.79 Å². The zero-order valence-electron chi connectivity index (χ0n) is 17.0. The molecule has 2 heterocycles. The number of carbonyl (C=O) groups excluding carboxylic acids is 1. The van der Waals surface area contributed by atoms with Crippen LogP contribution in [0, 0.1) is 5.92 Å². The van der Waals surface area contributed by atoms with Gasteiger partial charge in [0.2, 0.25) is 0 Å². The molecule has 2 aromatic carbocycles. The second-order valence-corrected chi connectivity index (χ2v) is 8.30. The van der Waals surface area contributed by atoms with Gasteiger partial charge in [-0.05, 0) is 36.5 Å². The van der Waals surface area contributed by atoms with Gasteiger partial charge in [0.25, 0.3) is 0 Å². The lowest BCUT2D eigenvalue weighted by molar-refractivity contribution is 0.186. The average Bonchev–Trinajstić information content (AvgIpc) is 3.05. The molecule has 0 radical (unpaired) electrons. The summed E-state index contributed by atoms with van der Waals surface area (Å²) in [7, 11) is 0. The Morgan fingerprint density at radius 3 is 2.47 bits per heavy atom. The highest BCUT2D eigenvalue weighted by molar-refractivity contribution is 6.30. The second-order valence-electron chi connectivity index (χ2n) is 7.86. The van der Waals surface area contributed by atoms with Crippen molar-refractivity contribution in [3.8, 4) is 11.3 Å². The molecule has 0 bridgehead atoms. The SMILES string of the molecule is CC1CCN(C(=O)Nc2c(-c3ccc(Cl)cc3)nn(Cc3ccccc3)c2N)CC1. The van der Waals surface area contributed by atoms with Crippen molar-refractivity contribution >= 4 is 29.1 Å². The number of amides is 2. The maximum absolute atomic E-state index is 12.9. The molecule has 1 aromatic heterocycles. The van der Waals surface area contributed by atoms with Crippen LogP contribution in [0.2, 0.25) is 5.02 Å². The lowest BCUT2D eigenvalue weighted by Crippen LogP contribution is -2.40. The third kappa shape index (κ3) is 4.44. The average molecular weight is 424 g/mol. The van der Waals surface area contributed by atoms with Crippen LogP contribution in [0.25, 0.3) is 11.3 Å². The third-order valence-electron chi connectivity index (χ3n) is 5.59. The molecule has 1 fully saturated rings. The number of anilines is 2. The Morgan fingerprint density at radius 1 is 1.13 bits per heavy atom. The Kier molecular flexibility index (Phi) is 5.95. The van der Waals surface area contributed by atoms with E-state index in [4.69, 9.17) is 22.4 Å². The van der Waals surface area contributed by atoms with Crippen molar-refractivity contribution in [3.05, 3.63) is 65.2 Å². The van der Waals surface area contributed by atoms with Crippen molar-refractivity contribution in [3.63, 3.8) is 0 Å². The van der Waals surface area contributed by atoms with Crippen LogP contribution in [0.5, 0.6) is 0 Å². The molecule has 3 aromatic rings. The Hall–Kier alpha value is -2.99. The summed E-state index contributed by atoms with van der Waals surface area (Å²) in [5, 5.41) is 8.40. The van der Waals surface area contributed by atoms with E-state index in [2.05, 4.69) is 12.2 Å². The van der Waals surface area contributed by atoms with Crippen LogP contribution in [-0.4, -0.2) is 33.8 Å². The molecule has 0 aliphatic carbocycles. The first-order chi connectivity index (χ1) is 14.5. The van der Waals surface area contributed by atoms with Gasteiger partial charge in [-0.15, -0.1) is 0 Å². The minimum atomic E-state index is -0.136. The van der Waals surface area contributed by atoms with Gasteiger partial charge < -0.3 is 16.0 Å². The summed E-state index contributed by atoms with van der Waals surface area (Å²) in [6.07, 6.45) is 2.03. The molecule has 3 N–H and O–H groups in total. The highest BCUT2D eigenvalue weighted by Crippen LogP contribution is 2.34. The van der Waals surface area contributed by atoms with Gasteiger partial charge in [-0.3, -0.25) is 0 Å². The highest BCUT2D eigenvalue weighted by Gasteiger charge is 2.24. The van der Waals surface area contributed by atoms with E-state index in [1.807, 2.05) is 47.4 Å². The topological polar surface area (TPSA) is 76.2 Å². The van der Waals surface area contributed by atoms with E-state index in [-0.39, 0.29) is 6.03 Å². The Morgan fingerprint density at radius 2 is 1.80 bits per heavy atom. The number of aromatic nitrogens is 2. The fourth-order valence-electron chi connectivity index (χ4n) is 3.68. The molecule has 0 saturated carbocycles. The normalized spacial score (nSPS) is 14.7. The van der Waals surface area contributed by atoms with Gasteiger partial charge in [0, 0.05) is 23.7 Å². The van der Waals surface area contributed by atoms with Gasteiger partial charge in [0.05, 0.1) is 6.54 Å². The number of likely N-dealkylation sites (tertiary alicyclic amines) is 1. The largest absolute Gasteiger partial charge is 0.382 e. The molecule has 0 spiro atoms. The maximum Gasteiger partial charge on any atom is 0.322 e. The fraction of sp³-hybridized carbons (Fsp3) is 0.304. The maximum atomic E-state index is 12.9. The Labute approximate surface area is 181 Å². The summed E-state index contributed by atoms with van der Waals surface area (Å²) in [6, 6.07) is 17.2. The molecule has 1 aliphatic heterocycles. The zero-order chi connectivity index (χ0) is 21.1. The van der Waals surface area contributed by atoms with Crippen molar-refractivity contribution in [1.82, 2.24) is 14.7 Å².